The van der Waals surface area contributed by atoms with Gasteiger partial charge in [-0.1, -0.05) is 32.8 Å². The largest absolute Gasteiger partial charge is 0.507 e. The summed E-state index contributed by atoms with van der Waals surface area (Å²) in [5, 5.41) is 11.0. The number of ketones is 1. The molecule has 3 rings (SSSR count). The Bertz CT molecular complexity index is 984. The van der Waals surface area contributed by atoms with Gasteiger partial charge < -0.3 is 14.9 Å². The predicted molar refractivity (Wildman–Crippen MR) is 131 cm³/mol. The Morgan fingerprint density at radius 1 is 1.00 bits per heavy atom. The van der Waals surface area contributed by atoms with E-state index in [0.717, 1.165) is 45.3 Å². The molecule has 2 heterocycles. The third-order valence-corrected chi connectivity index (χ3v) is 6.15. The lowest BCUT2D eigenvalue weighted by Crippen LogP contribution is -2.34. The molecule has 182 valence electrons. The summed E-state index contributed by atoms with van der Waals surface area (Å²) in [7, 11) is 0. The van der Waals surface area contributed by atoms with Gasteiger partial charge in [0.1, 0.15) is 17.6 Å². The molecular weight excluding hydrogens is 433 g/mol. The van der Waals surface area contributed by atoms with E-state index < -0.39 is 23.5 Å². The highest BCUT2D eigenvalue weighted by Gasteiger charge is 2.46. The van der Waals surface area contributed by atoms with Crippen LogP contribution in [0.2, 0.25) is 0 Å². The smallest absolute Gasteiger partial charge is 0.295 e. The van der Waals surface area contributed by atoms with Crippen molar-refractivity contribution in [3.63, 3.8) is 0 Å². The number of aromatic nitrogens is 1. The van der Waals surface area contributed by atoms with Crippen molar-refractivity contribution in [3.05, 3.63) is 71.3 Å². The summed E-state index contributed by atoms with van der Waals surface area (Å²) < 4.78 is 13.4. The minimum atomic E-state index is -0.786. The van der Waals surface area contributed by atoms with Gasteiger partial charge in [0, 0.05) is 18.3 Å². The third kappa shape index (κ3) is 6.08. The Balaban J connectivity index is 1.87. The molecule has 1 atom stereocenters. The standard InChI is InChI=1S/C27H34FN3O3/c1-3-5-16-30(17-6-4-2)18-9-19-31-24(22-10-7-8-15-29-22)23(26(33)27(31)34)25(32)20-11-13-21(28)14-12-20/h7-8,10-15,24,32H,3-6,9,16-19H2,1-2H3. The molecule has 0 spiro atoms. The van der Waals surface area contributed by atoms with Crippen LogP contribution in [0, 0.1) is 5.82 Å². The van der Waals surface area contributed by atoms with Gasteiger partial charge in [-0.15, -0.1) is 0 Å². The van der Waals surface area contributed by atoms with E-state index in [9.17, 15) is 19.1 Å². The summed E-state index contributed by atoms with van der Waals surface area (Å²) >= 11 is 0. The second kappa shape index (κ2) is 12.4. The van der Waals surface area contributed by atoms with Crippen LogP contribution in [0.15, 0.2) is 54.2 Å². The number of benzene rings is 1. The lowest BCUT2D eigenvalue weighted by Gasteiger charge is -2.27. The molecule has 6 nitrogen and oxygen atoms in total. The van der Waals surface area contributed by atoms with E-state index in [1.54, 1.807) is 24.4 Å². The summed E-state index contributed by atoms with van der Waals surface area (Å²) in [5.41, 5.74) is 0.786. The molecule has 1 aromatic carbocycles. The number of halogens is 1. The maximum absolute atomic E-state index is 13.4. The number of Topliss-reactive ketones (excluding diaryl/α,β-unsaturated/α-hetero) is 1. The molecule has 2 aromatic rings. The number of unbranched alkanes of at least 4 members (excludes halogenated alkanes) is 2. The number of hydrogen-bond donors (Lipinski definition) is 1. The number of likely N-dealkylation sites (tertiary alicyclic amines) is 1. The Morgan fingerprint density at radius 2 is 1.65 bits per heavy atom. The fourth-order valence-electron chi connectivity index (χ4n) is 4.28. The molecule has 0 radical (unpaired) electrons. The summed E-state index contributed by atoms with van der Waals surface area (Å²) in [6, 6.07) is 9.72. The van der Waals surface area contributed by atoms with Crippen LogP contribution in [-0.4, -0.2) is 57.8 Å². The zero-order valence-corrected chi connectivity index (χ0v) is 20.0. The zero-order chi connectivity index (χ0) is 24.5. The van der Waals surface area contributed by atoms with Crippen LogP contribution >= 0.6 is 0 Å². The maximum atomic E-state index is 13.4. The van der Waals surface area contributed by atoms with Gasteiger partial charge >= 0.3 is 0 Å². The van der Waals surface area contributed by atoms with E-state index in [1.165, 1.54) is 29.2 Å². The molecule has 1 aliphatic heterocycles. The number of rotatable bonds is 12. The van der Waals surface area contributed by atoms with Gasteiger partial charge in [0.2, 0.25) is 0 Å². The number of carbonyl (C=O) groups excluding carboxylic acids is 2. The fourth-order valence-corrected chi connectivity index (χ4v) is 4.28. The Hall–Kier alpha value is -3.06. The van der Waals surface area contributed by atoms with E-state index in [1.807, 2.05) is 0 Å². The van der Waals surface area contributed by atoms with Crippen molar-refractivity contribution >= 4 is 17.4 Å². The van der Waals surface area contributed by atoms with E-state index in [-0.39, 0.29) is 16.9 Å². The topological polar surface area (TPSA) is 73.7 Å². The molecule has 1 aliphatic rings. The SMILES string of the molecule is CCCCN(CCCC)CCCN1C(=O)C(=O)C(=C(O)c2ccc(F)cc2)C1c1ccccn1. The minimum Gasteiger partial charge on any atom is -0.507 e. The molecule has 1 unspecified atom stereocenters. The summed E-state index contributed by atoms with van der Waals surface area (Å²) in [4.78, 5) is 34.4. The van der Waals surface area contributed by atoms with Crippen LogP contribution in [0.25, 0.3) is 5.76 Å². The number of aliphatic hydroxyl groups is 1. The molecule has 34 heavy (non-hydrogen) atoms. The molecule has 1 saturated heterocycles. The predicted octanol–water partition coefficient (Wildman–Crippen LogP) is 4.93. The van der Waals surface area contributed by atoms with Crippen LogP contribution in [-0.2, 0) is 9.59 Å². The minimum absolute atomic E-state index is 0.0101. The van der Waals surface area contributed by atoms with Gasteiger partial charge in [-0.25, -0.2) is 4.39 Å². The third-order valence-electron chi connectivity index (χ3n) is 6.15. The first-order valence-electron chi connectivity index (χ1n) is 12.2. The second-order valence-corrected chi connectivity index (χ2v) is 8.66. The molecule has 1 aromatic heterocycles. The Labute approximate surface area is 201 Å². The maximum Gasteiger partial charge on any atom is 0.295 e. The fraction of sp³-hybridized carbons (Fsp3) is 0.444. The first kappa shape index (κ1) is 25.6. The van der Waals surface area contributed by atoms with Crippen molar-refractivity contribution in [1.29, 1.82) is 0 Å². The Kier molecular flexibility index (Phi) is 9.33. The highest BCUT2D eigenvalue weighted by molar-refractivity contribution is 6.46. The normalized spacial score (nSPS) is 17.6. The molecule has 0 aliphatic carbocycles. The van der Waals surface area contributed by atoms with Crippen molar-refractivity contribution in [2.24, 2.45) is 0 Å². The van der Waals surface area contributed by atoms with Gasteiger partial charge in [-0.3, -0.25) is 14.6 Å². The molecule has 0 bridgehead atoms. The second-order valence-electron chi connectivity index (χ2n) is 8.66. The summed E-state index contributed by atoms with van der Waals surface area (Å²) in [6.45, 7) is 7.58. The van der Waals surface area contributed by atoms with Crippen LogP contribution in [0.1, 0.15) is 63.3 Å². The number of hydrogen-bond acceptors (Lipinski definition) is 5. The lowest BCUT2D eigenvalue weighted by molar-refractivity contribution is -0.140. The average molecular weight is 468 g/mol. The van der Waals surface area contributed by atoms with Crippen molar-refractivity contribution in [1.82, 2.24) is 14.8 Å². The number of nitrogens with zero attached hydrogens (tertiary/aromatic N) is 3. The van der Waals surface area contributed by atoms with E-state index >= 15 is 0 Å². The number of pyridine rings is 1. The summed E-state index contributed by atoms with van der Waals surface area (Å²) in [6.07, 6.45) is 6.81. The lowest BCUT2D eigenvalue weighted by atomic mass is 9.98. The molecule has 1 fully saturated rings. The van der Waals surface area contributed by atoms with Crippen LogP contribution < -0.4 is 0 Å². The van der Waals surface area contributed by atoms with Gasteiger partial charge in [-0.05, 0) is 75.3 Å². The van der Waals surface area contributed by atoms with Gasteiger partial charge in [0.15, 0.2) is 0 Å². The van der Waals surface area contributed by atoms with Crippen LogP contribution in [0.3, 0.4) is 0 Å². The van der Waals surface area contributed by atoms with Crippen molar-refractivity contribution in [2.75, 3.05) is 26.2 Å². The van der Waals surface area contributed by atoms with Crippen LogP contribution in [0.4, 0.5) is 4.39 Å². The first-order valence-corrected chi connectivity index (χ1v) is 12.2. The quantitative estimate of drug-likeness (QED) is 0.272. The number of carbonyl (C=O) groups is 2. The van der Waals surface area contributed by atoms with Gasteiger partial charge in [-0.2, -0.15) is 0 Å². The van der Waals surface area contributed by atoms with Crippen molar-refractivity contribution < 1.29 is 19.1 Å². The number of aliphatic hydroxyl groups excluding tert-OH is 1. The van der Waals surface area contributed by atoms with E-state index in [4.69, 9.17) is 0 Å². The number of amides is 1. The molecule has 0 saturated carbocycles. The van der Waals surface area contributed by atoms with Gasteiger partial charge in [0.05, 0.1) is 11.3 Å². The molecule has 7 heteroatoms. The summed E-state index contributed by atoms with van der Waals surface area (Å²) in [5.74, 6) is -2.16. The molecule has 1 N–H and O–H groups in total. The van der Waals surface area contributed by atoms with E-state index in [2.05, 4.69) is 23.7 Å². The van der Waals surface area contributed by atoms with Crippen molar-refractivity contribution in [3.8, 4) is 0 Å². The first-order chi connectivity index (χ1) is 16.5. The van der Waals surface area contributed by atoms with Gasteiger partial charge in [0.25, 0.3) is 11.7 Å². The highest BCUT2D eigenvalue weighted by atomic mass is 19.1. The van der Waals surface area contributed by atoms with Crippen molar-refractivity contribution in [2.45, 2.75) is 52.0 Å². The monoisotopic (exact) mass is 467 g/mol. The van der Waals surface area contributed by atoms with Crippen LogP contribution in [0.5, 0.6) is 0 Å². The molecular formula is C27H34FN3O3. The average Bonchev–Trinajstić information content (AvgIpc) is 3.11. The zero-order valence-electron chi connectivity index (χ0n) is 20.0. The highest BCUT2D eigenvalue weighted by Crippen LogP contribution is 2.38. The molecule has 1 amide bonds. The Morgan fingerprint density at radius 3 is 2.24 bits per heavy atom. The van der Waals surface area contributed by atoms with E-state index in [0.29, 0.717) is 18.7 Å².